The van der Waals surface area contributed by atoms with Gasteiger partial charge in [-0.05, 0) is 78.6 Å². The lowest BCUT2D eigenvalue weighted by Gasteiger charge is -2.29. The van der Waals surface area contributed by atoms with Gasteiger partial charge in [0.25, 0.3) is 5.91 Å². The summed E-state index contributed by atoms with van der Waals surface area (Å²) in [6.45, 7) is 4.25. The van der Waals surface area contributed by atoms with Crippen LogP contribution >= 0.6 is 35.0 Å². The molecule has 0 saturated carbocycles. The van der Waals surface area contributed by atoms with E-state index in [2.05, 4.69) is 10.6 Å². The molecule has 0 spiro atoms. The van der Waals surface area contributed by atoms with Crippen molar-refractivity contribution in [2.45, 2.75) is 37.4 Å². The minimum Gasteiger partial charge on any atom is -0.489 e. The summed E-state index contributed by atoms with van der Waals surface area (Å²) in [7, 11) is 0. The third-order valence-corrected chi connectivity index (χ3v) is 8.67. The van der Waals surface area contributed by atoms with Gasteiger partial charge in [0.1, 0.15) is 18.4 Å². The van der Waals surface area contributed by atoms with Crippen LogP contribution in [0.15, 0.2) is 113 Å². The molecule has 0 saturated heterocycles. The van der Waals surface area contributed by atoms with Gasteiger partial charge >= 0.3 is 0 Å². The van der Waals surface area contributed by atoms with Gasteiger partial charge in [0.15, 0.2) is 0 Å². The molecule has 4 aromatic carbocycles. The van der Waals surface area contributed by atoms with E-state index in [1.54, 1.807) is 4.68 Å². The van der Waals surface area contributed by atoms with Crippen LogP contribution in [0.2, 0.25) is 10.0 Å². The fraction of sp³-hybridized carbons (Fsp3) is 0.147. The van der Waals surface area contributed by atoms with E-state index in [0.717, 1.165) is 27.9 Å². The van der Waals surface area contributed by atoms with E-state index >= 15 is 0 Å². The summed E-state index contributed by atoms with van der Waals surface area (Å²) < 4.78 is 7.92. The molecule has 1 unspecified atom stereocenters. The van der Waals surface area contributed by atoms with Crippen molar-refractivity contribution in [1.29, 1.82) is 0 Å². The number of aryl methyl sites for hydroxylation is 1. The zero-order valence-corrected chi connectivity index (χ0v) is 26.4. The van der Waals surface area contributed by atoms with E-state index in [1.165, 1.54) is 11.8 Å². The molecule has 2 heterocycles. The molecule has 7 nitrogen and oxygen atoms in total. The number of halogens is 2. The molecule has 6 rings (SSSR count). The third kappa shape index (κ3) is 6.78. The van der Waals surface area contributed by atoms with Crippen molar-refractivity contribution in [1.82, 2.24) is 14.8 Å². The molecule has 0 aliphatic carbocycles. The summed E-state index contributed by atoms with van der Waals surface area (Å²) in [5, 5.41) is 13.2. The van der Waals surface area contributed by atoms with Gasteiger partial charge in [0.2, 0.25) is 11.1 Å². The third-order valence-electron chi connectivity index (χ3n) is 7.16. The normalized spacial score (nSPS) is 14.1. The van der Waals surface area contributed by atoms with Gasteiger partial charge in [-0.3, -0.25) is 4.79 Å². The minimum atomic E-state index is -0.558. The zero-order valence-electron chi connectivity index (χ0n) is 24.1. The monoisotopic (exact) mass is 641 g/mol. The first-order valence-electron chi connectivity index (χ1n) is 14.0. The molecular formula is C34H29Cl2N5O2S. The number of aromatic nitrogens is 3. The van der Waals surface area contributed by atoms with Gasteiger partial charge < -0.3 is 15.4 Å². The summed E-state index contributed by atoms with van der Waals surface area (Å²) in [5.41, 5.74) is 5.81. The van der Waals surface area contributed by atoms with Crippen LogP contribution in [0.3, 0.4) is 0 Å². The average molecular weight is 643 g/mol. The molecule has 222 valence electrons. The predicted octanol–water partition coefficient (Wildman–Crippen LogP) is 8.69. The molecule has 10 heteroatoms. The second kappa shape index (κ2) is 13.2. The number of carbonyl (C=O) groups excluding carboxylic acids is 1. The second-order valence-electron chi connectivity index (χ2n) is 10.4. The fourth-order valence-corrected chi connectivity index (χ4v) is 6.24. The number of anilines is 2. The maximum atomic E-state index is 13.9. The van der Waals surface area contributed by atoms with Crippen LogP contribution in [0, 0.1) is 6.92 Å². The number of allylic oxidation sites excluding steroid dienone is 1. The Bertz CT molecular complexity index is 1850. The SMILES string of the molecule is CC1=C(C(=O)Nc2cccc(C)c2)C(c2cccc(OCc3ccc(Cl)cc3)c2)n2nc(SCc3ccccc3Cl)nc2N1. The van der Waals surface area contributed by atoms with Crippen molar-refractivity contribution in [2.24, 2.45) is 0 Å². The highest BCUT2D eigenvalue weighted by Gasteiger charge is 2.34. The molecule has 2 N–H and O–H groups in total. The Labute approximate surface area is 270 Å². The van der Waals surface area contributed by atoms with Crippen LogP contribution in [0.4, 0.5) is 11.6 Å². The molecule has 1 atom stereocenters. The Morgan fingerprint density at radius 2 is 1.77 bits per heavy atom. The van der Waals surface area contributed by atoms with E-state index in [-0.39, 0.29) is 5.91 Å². The number of amides is 1. The number of benzene rings is 4. The van der Waals surface area contributed by atoms with Crippen molar-refractivity contribution < 1.29 is 9.53 Å². The maximum Gasteiger partial charge on any atom is 0.255 e. The molecule has 1 aliphatic heterocycles. The van der Waals surface area contributed by atoms with Gasteiger partial charge in [-0.25, -0.2) is 4.68 Å². The van der Waals surface area contributed by atoms with Crippen LogP contribution in [0.5, 0.6) is 5.75 Å². The zero-order chi connectivity index (χ0) is 30.6. The van der Waals surface area contributed by atoms with Crippen LogP contribution in [-0.2, 0) is 17.2 Å². The number of hydrogen-bond acceptors (Lipinski definition) is 6. The summed E-state index contributed by atoms with van der Waals surface area (Å²) >= 11 is 13.9. The second-order valence-corrected chi connectivity index (χ2v) is 12.2. The van der Waals surface area contributed by atoms with E-state index in [0.29, 0.717) is 50.5 Å². The van der Waals surface area contributed by atoms with Crippen molar-refractivity contribution in [2.75, 3.05) is 10.6 Å². The predicted molar refractivity (Wildman–Crippen MR) is 178 cm³/mol. The fourth-order valence-electron chi connectivity index (χ4n) is 5.00. The Hall–Kier alpha value is -4.24. The number of rotatable bonds is 9. The molecular weight excluding hydrogens is 613 g/mol. The molecule has 0 bridgehead atoms. The molecule has 44 heavy (non-hydrogen) atoms. The summed E-state index contributed by atoms with van der Waals surface area (Å²) in [6, 6.07) is 30.2. The number of hydrogen-bond donors (Lipinski definition) is 2. The first kappa shape index (κ1) is 29.8. The lowest BCUT2D eigenvalue weighted by Crippen LogP contribution is -2.31. The average Bonchev–Trinajstić information content (AvgIpc) is 3.42. The summed E-state index contributed by atoms with van der Waals surface area (Å²) in [5.74, 6) is 1.59. The molecule has 5 aromatic rings. The van der Waals surface area contributed by atoms with Crippen LogP contribution in [0.1, 0.15) is 35.2 Å². The van der Waals surface area contributed by atoms with E-state index in [1.807, 2.05) is 111 Å². The summed E-state index contributed by atoms with van der Waals surface area (Å²) in [4.78, 5) is 18.7. The van der Waals surface area contributed by atoms with Gasteiger partial charge in [-0.1, -0.05) is 89.6 Å². The van der Waals surface area contributed by atoms with E-state index < -0.39 is 6.04 Å². The van der Waals surface area contributed by atoms with Crippen LogP contribution in [-0.4, -0.2) is 20.7 Å². The number of nitrogens with zero attached hydrogens (tertiary/aromatic N) is 3. The highest BCUT2D eigenvalue weighted by atomic mass is 35.5. The Morgan fingerprint density at radius 1 is 0.977 bits per heavy atom. The first-order chi connectivity index (χ1) is 21.3. The first-order valence-corrected chi connectivity index (χ1v) is 15.7. The Balaban J connectivity index is 1.33. The Morgan fingerprint density at radius 3 is 2.57 bits per heavy atom. The number of fused-ring (bicyclic) bond motifs is 1. The highest BCUT2D eigenvalue weighted by molar-refractivity contribution is 7.98. The number of nitrogens with one attached hydrogen (secondary N) is 2. The van der Waals surface area contributed by atoms with Crippen molar-refractivity contribution in [3.63, 3.8) is 0 Å². The topological polar surface area (TPSA) is 81.1 Å². The van der Waals surface area contributed by atoms with E-state index in [9.17, 15) is 4.79 Å². The highest BCUT2D eigenvalue weighted by Crippen LogP contribution is 2.38. The minimum absolute atomic E-state index is 0.232. The molecule has 0 fully saturated rings. The van der Waals surface area contributed by atoms with Crippen LogP contribution < -0.4 is 15.4 Å². The van der Waals surface area contributed by atoms with Gasteiger partial charge in [-0.2, -0.15) is 4.98 Å². The van der Waals surface area contributed by atoms with Crippen molar-refractivity contribution in [3.05, 3.63) is 141 Å². The molecule has 0 radical (unpaired) electrons. The lowest BCUT2D eigenvalue weighted by atomic mass is 9.94. The van der Waals surface area contributed by atoms with Crippen molar-refractivity contribution in [3.8, 4) is 5.75 Å². The van der Waals surface area contributed by atoms with Crippen LogP contribution in [0.25, 0.3) is 0 Å². The molecule has 1 aliphatic rings. The van der Waals surface area contributed by atoms with Gasteiger partial charge in [0.05, 0.1) is 5.57 Å². The number of carbonyl (C=O) groups is 1. The Kier molecular flexibility index (Phi) is 8.93. The van der Waals surface area contributed by atoms with Gasteiger partial charge in [-0.15, -0.1) is 5.10 Å². The molecule has 1 aromatic heterocycles. The lowest BCUT2D eigenvalue weighted by molar-refractivity contribution is -0.113. The quantitative estimate of drug-likeness (QED) is 0.157. The molecule has 1 amide bonds. The smallest absolute Gasteiger partial charge is 0.255 e. The number of ether oxygens (including phenoxy) is 1. The van der Waals surface area contributed by atoms with Crippen molar-refractivity contribution >= 4 is 52.5 Å². The summed E-state index contributed by atoms with van der Waals surface area (Å²) in [6.07, 6.45) is 0. The van der Waals surface area contributed by atoms with E-state index in [4.69, 9.17) is 38.0 Å². The largest absolute Gasteiger partial charge is 0.489 e. The number of thioether (sulfide) groups is 1. The van der Waals surface area contributed by atoms with Gasteiger partial charge in [0, 0.05) is 27.2 Å². The maximum absolute atomic E-state index is 13.9. The standard InChI is InChI=1S/C34H29Cl2N5O2S/c1-21-7-5-10-27(17-21)38-32(42)30-22(2)37-33-39-34(44-20-25-8-3-4-12-29(25)36)40-41(33)31(30)24-9-6-11-28(18-24)43-19-23-13-15-26(35)16-14-23/h3-18,31H,19-20H2,1-2H3,(H,38,42)(H,37,39,40).